The Hall–Kier alpha value is -1.68. The van der Waals surface area contributed by atoms with E-state index in [9.17, 15) is 4.79 Å². The Morgan fingerprint density at radius 1 is 1.41 bits per heavy atom. The van der Waals surface area contributed by atoms with Crippen LogP contribution in [0.15, 0.2) is 34.6 Å². The minimum Gasteiger partial charge on any atom is -0.411 e. The minimum atomic E-state index is -0.368. The predicted octanol–water partition coefficient (Wildman–Crippen LogP) is 2.79. The fraction of sp³-hybridized carbons (Fsp3) is 0.231. The molecule has 17 heavy (non-hydrogen) atoms. The topological polar surface area (TPSA) is 38.7 Å². The molecule has 2 heterocycles. The highest BCUT2D eigenvalue weighted by Crippen LogP contribution is 2.27. The van der Waals surface area contributed by atoms with Crippen LogP contribution in [0.25, 0.3) is 10.1 Å². The van der Waals surface area contributed by atoms with Crippen LogP contribution >= 0.6 is 11.3 Å². The van der Waals surface area contributed by atoms with Crippen LogP contribution in [-0.2, 0) is 16.0 Å². The summed E-state index contributed by atoms with van der Waals surface area (Å²) in [5.74, 6) is 0.234. The van der Waals surface area contributed by atoms with Gasteiger partial charge in [-0.25, -0.2) is 9.79 Å². The first-order valence-electron chi connectivity index (χ1n) is 5.45. The summed E-state index contributed by atoms with van der Waals surface area (Å²) in [5.41, 5.74) is 1.17. The second-order valence-electron chi connectivity index (χ2n) is 4.05. The molecular weight excluding hydrogens is 234 g/mol. The van der Waals surface area contributed by atoms with Crippen LogP contribution in [0.5, 0.6) is 0 Å². The smallest absolute Gasteiger partial charge is 0.337 e. The second kappa shape index (κ2) is 3.96. The Bertz CT molecular complexity index is 615. The molecule has 0 bridgehead atoms. The molecule has 0 fully saturated rings. The lowest BCUT2D eigenvalue weighted by Gasteiger charge is -2.02. The van der Waals surface area contributed by atoms with Gasteiger partial charge in [-0.05, 0) is 22.4 Å². The van der Waals surface area contributed by atoms with Crippen molar-refractivity contribution in [1.82, 2.24) is 0 Å². The van der Waals surface area contributed by atoms with Crippen LogP contribution in [0.4, 0.5) is 0 Å². The van der Waals surface area contributed by atoms with Crippen molar-refractivity contribution in [2.45, 2.75) is 19.4 Å². The van der Waals surface area contributed by atoms with Crippen LogP contribution < -0.4 is 0 Å². The van der Waals surface area contributed by atoms with Crippen molar-refractivity contribution >= 4 is 33.3 Å². The van der Waals surface area contributed by atoms with E-state index in [4.69, 9.17) is 4.74 Å². The van der Waals surface area contributed by atoms with Crippen molar-refractivity contribution in [3.05, 3.63) is 35.2 Å². The number of hydrogen-bond donors (Lipinski definition) is 0. The molecule has 0 radical (unpaired) electrons. The molecule has 86 valence electrons. The summed E-state index contributed by atoms with van der Waals surface area (Å²) in [6.45, 7) is 1.71. The van der Waals surface area contributed by atoms with Gasteiger partial charge in [-0.2, -0.15) is 0 Å². The SMILES string of the molecule is CC1=NC(Cc2csc3ccccc23)C(=O)O1. The van der Waals surface area contributed by atoms with Gasteiger partial charge >= 0.3 is 5.97 Å². The standard InChI is InChI=1S/C13H11NO2S/c1-8-14-11(13(15)16-8)6-9-7-17-12-5-3-2-4-10(9)12/h2-5,7,11H,6H2,1H3. The average Bonchev–Trinajstić information content (AvgIpc) is 2.85. The van der Waals surface area contributed by atoms with E-state index in [0.717, 1.165) is 0 Å². The highest BCUT2D eigenvalue weighted by Gasteiger charge is 2.27. The van der Waals surface area contributed by atoms with E-state index in [1.165, 1.54) is 15.6 Å². The highest BCUT2D eigenvalue weighted by molar-refractivity contribution is 7.17. The van der Waals surface area contributed by atoms with Gasteiger partial charge in [-0.15, -0.1) is 11.3 Å². The number of hydrogen-bond acceptors (Lipinski definition) is 4. The Kier molecular flexibility index (Phi) is 2.44. The molecule has 0 aliphatic carbocycles. The van der Waals surface area contributed by atoms with Crippen molar-refractivity contribution in [2.24, 2.45) is 4.99 Å². The fourth-order valence-electron chi connectivity index (χ4n) is 2.04. The molecule has 3 rings (SSSR count). The second-order valence-corrected chi connectivity index (χ2v) is 4.96. The number of benzene rings is 1. The first-order chi connectivity index (χ1) is 8.24. The van der Waals surface area contributed by atoms with E-state index in [1.807, 2.05) is 12.1 Å². The molecule has 1 aliphatic rings. The number of nitrogens with zero attached hydrogens (tertiary/aromatic N) is 1. The lowest BCUT2D eigenvalue weighted by molar-refractivity contribution is -0.134. The Labute approximate surface area is 103 Å². The fourth-order valence-corrected chi connectivity index (χ4v) is 3.02. The number of carbonyl (C=O) groups excluding carboxylic acids is 1. The molecule has 0 N–H and O–H groups in total. The molecule has 4 heteroatoms. The largest absolute Gasteiger partial charge is 0.411 e. The molecule has 1 atom stereocenters. The molecular formula is C13H11NO2S. The molecule has 0 amide bonds. The molecule has 0 saturated heterocycles. The molecule has 0 saturated carbocycles. The zero-order chi connectivity index (χ0) is 11.8. The summed E-state index contributed by atoms with van der Waals surface area (Å²) in [6.07, 6.45) is 0.625. The van der Waals surface area contributed by atoms with E-state index in [2.05, 4.69) is 22.5 Å². The van der Waals surface area contributed by atoms with Gasteiger partial charge in [0.25, 0.3) is 0 Å². The van der Waals surface area contributed by atoms with Crippen LogP contribution in [-0.4, -0.2) is 17.9 Å². The van der Waals surface area contributed by atoms with Gasteiger partial charge < -0.3 is 4.74 Å². The van der Waals surface area contributed by atoms with E-state index >= 15 is 0 Å². The van der Waals surface area contributed by atoms with Gasteiger partial charge in [0.1, 0.15) is 0 Å². The van der Waals surface area contributed by atoms with Crippen molar-refractivity contribution in [3.8, 4) is 0 Å². The zero-order valence-electron chi connectivity index (χ0n) is 9.34. The molecule has 1 aliphatic heterocycles. The number of cyclic esters (lactones) is 1. The van der Waals surface area contributed by atoms with Gasteiger partial charge in [0.05, 0.1) is 0 Å². The Morgan fingerprint density at radius 2 is 2.24 bits per heavy atom. The maximum Gasteiger partial charge on any atom is 0.337 e. The predicted molar refractivity (Wildman–Crippen MR) is 68.5 cm³/mol. The van der Waals surface area contributed by atoms with E-state index < -0.39 is 0 Å². The van der Waals surface area contributed by atoms with Crippen LogP contribution in [0, 0.1) is 0 Å². The third-order valence-electron chi connectivity index (χ3n) is 2.83. The summed E-state index contributed by atoms with van der Waals surface area (Å²) in [4.78, 5) is 15.7. The first kappa shape index (κ1) is 10.5. The number of aliphatic imine (C=N–C) groups is 1. The molecule has 0 spiro atoms. The maximum absolute atomic E-state index is 11.5. The minimum absolute atomic E-state index is 0.238. The van der Waals surface area contributed by atoms with Gasteiger partial charge in [0.2, 0.25) is 0 Å². The normalized spacial score (nSPS) is 19.5. The number of rotatable bonds is 2. The van der Waals surface area contributed by atoms with E-state index in [0.29, 0.717) is 12.3 Å². The highest BCUT2D eigenvalue weighted by atomic mass is 32.1. The van der Waals surface area contributed by atoms with Crippen molar-refractivity contribution < 1.29 is 9.53 Å². The third kappa shape index (κ3) is 1.85. The Balaban J connectivity index is 1.93. The maximum atomic E-state index is 11.5. The number of thiophene rings is 1. The van der Waals surface area contributed by atoms with E-state index in [1.54, 1.807) is 18.3 Å². The van der Waals surface area contributed by atoms with Crippen LogP contribution in [0.3, 0.4) is 0 Å². The lowest BCUT2D eigenvalue weighted by atomic mass is 10.1. The summed E-state index contributed by atoms with van der Waals surface area (Å²) < 4.78 is 6.19. The van der Waals surface area contributed by atoms with Gasteiger partial charge in [-0.3, -0.25) is 0 Å². The molecule has 1 unspecified atom stereocenters. The lowest BCUT2D eigenvalue weighted by Crippen LogP contribution is -2.17. The number of carbonyl (C=O) groups is 1. The summed E-state index contributed by atoms with van der Waals surface area (Å²) >= 11 is 1.70. The first-order valence-corrected chi connectivity index (χ1v) is 6.33. The summed E-state index contributed by atoms with van der Waals surface area (Å²) in [5, 5.41) is 3.31. The van der Waals surface area contributed by atoms with Gasteiger partial charge in [0, 0.05) is 18.0 Å². The average molecular weight is 245 g/mol. The van der Waals surface area contributed by atoms with Crippen molar-refractivity contribution in [1.29, 1.82) is 0 Å². The monoisotopic (exact) mass is 245 g/mol. The summed E-state index contributed by atoms with van der Waals surface area (Å²) in [6, 6.07) is 7.84. The summed E-state index contributed by atoms with van der Waals surface area (Å²) in [7, 11) is 0. The van der Waals surface area contributed by atoms with Gasteiger partial charge in [-0.1, -0.05) is 18.2 Å². The molecule has 1 aromatic heterocycles. The number of esters is 1. The van der Waals surface area contributed by atoms with Crippen LogP contribution in [0.1, 0.15) is 12.5 Å². The van der Waals surface area contributed by atoms with Crippen molar-refractivity contribution in [3.63, 3.8) is 0 Å². The van der Waals surface area contributed by atoms with Gasteiger partial charge in [0.15, 0.2) is 11.9 Å². The zero-order valence-corrected chi connectivity index (χ0v) is 10.2. The Morgan fingerprint density at radius 3 is 3.00 bits per heavy atom. The van der Waals surface area contributed by atoms with Crippen LogP contribution in [0.2, 0.25) is 0 Å². The molecule has 2 aromatic rings. The molecule has 3 nitrogen and oxygen atoms in total. The number of ether oxygens (including phenoxy) is 1. The molecule has 1 aromatic carbocycles. The number of fused-ring (bicyclic) bond motifs is 1. The quantitative estimate of drug-likeness (QED) is 0.763. The van der Waals surface area contributed by atoms with Crippen molar-refractivity contribution in [2.75, 3.05) is 0 Å². The van der Waals surface area contributed by atoms with E-state index in [-0.39, 0.29) is 12.0 Å². The third-order valence-corrected chi connectivity index (χ3v) is 3.84.